The van der Waals surface area contributed by atoms with Crippen LogP contribution in [0.25, 0.3) is 11.1 Å². The Hall–Kier alpha value is -3.31. The molecule has 0 spiro atoms. The molecular formula is C22H23ClN6O4S. The first-order chi connectivity index (χ1) is 16.4. The number of carbonyl (C=O) groups excluding carboxylic acids is 2. The summed E-state index contributed by atoms with van der Waals surface area (Å²) in [4.78, 5) is 34.7. The van der Waals surface area contributed by atoms with Gasteiger partial charge in [-0.3, -0.25) is 19.9 Å². The molecule has 0 aliphatic carbocycles. The van der Waals surface area contributed by atoms with E-state index in [-0.39, 0.29) is 22.5 Å². The maximum Gasteiger partial charge on any atom is 0.295 e. The van der Waals surface area contributed by atoms with E-state index in [1.165, 1.54) is 13.3 Å². The van der Waals surface area contributed by atoms with Crippen molar-refractivity contribution >= 4 is 39.9 Å². The normalized spacial score (nSPS) is 15.3. The van der Waals surface area contributed by atoms with Gasteiger partial charge in [0.15, 0.2) is 0 Å². The molecule has 1 saturated heterocycles. The van der Waals surface area contributed by atoms with Gasteiger partial charge in [0.2, 0.25) is 11.0 Å². The second-order valence-electron chi connectivity index (χ2n) is 7.79. The van der Waals surface area contributed by atoms with Crippen LogP contribution < -0.4 is 14.8 Å². The predicted molar refractivity (Wildman–Crippen MR) is 127 cm³/mol. The second-order valence-corrected chi connectivity index (χ2v) is 9.12. The highest BCUT2D eigenvalue weighted by molar-refractivity contribution is 7.17. The number of hydrogen-bond acceptors (Lipinski definition) is 9. The molecule has 1 fully saturated rings. The van der Waals surface area contributed by atoms with Crippen LogP contribution in [-0.2, 0) is 4.79 Å². The minimum Gasteiger partial charge on any atom is -0.494 e. The summed E-state index contributed by atoms with van der Waals surface area (Å²) < 4.78 is 11.3. The van der Waals surface area contributed by atoms with Gasteiger partial charge in [-0.2, -0.15) is 0 Å². The van der Waals surface area contributed by atoms with Gasteiger partial charge in [-0.1, -0.05) is 16.7 Å². The molecule has 2 amide bonds. The summed E-state index contributed by atoms with van der Waals surface area (Å²) in [6, 6.07) is 3.40. The molecule has 4 heterocycles. The number of nitrogens with one attached hydrogen (secondary N) is 1. The largest absolute Gasteiger partial charge is 0.494 e. The number of ether oxygens (including phenoxy) is 2. The van der Waals surface area contributed by atoms with Crippen LogP contribution in [0, 0.1) is 12.8 Å². The zero-order valence-electron chi connectivity index (χ0n) is 18.9. The molecule has 3 aromatic heterocycles. The predicted octanol–water partition coefficient (Wildman–Crippen LogP) is 3.47. The number of carbonyl (C=O) groups is 2. The summed E-state index contributed by atoms with van der Waals surface area (Å²) in [5.41, 5.74) is 2.14. The van der Waals surface area contributed by atoms with Crippen molar-refractivity contribution in [1.82, 2.24) is 25.1 Å². The van der Waals surface area contributed by atoms with Crippen LogP contribution in [0.3, 0.4) is 0 Å². The molecule has 3 aromatic rings. The lowest BCUT2D eigenvalue weighted by Crippen LogP contribution is -2.26. The van der Waals surface area contributed by atoms with Crippen molar-refractivity contribution in [2.75, 3.05) is 32.1 Å². The van der Waals surface area contributed by atoms with E-state index >= 15 is 0 Å². The van der Waals surface area contributed by atoms with E-state index in [9.17, 15) is 9.59 Å². The Morgan fingerprint density at radius 3 is 2.85 bits per heavy atom. The molecule has 10 nitrogen and oxygen atoms in total. The first-order valence-corrected chi connectivity index (χ1v) is 11.7. The van der Waals surface area contributed by atoms with E-state index in [0.717, 1.165) is 24.3 Å². The molecule has 4 rings (SSSR count). The fourth-order valence-electron chi connectivity index (χ4n) is 3.78. The molecule has 1 atom stereocenters. The van der Waals surface area contributed by atoms with Gasteiger partial charge >= 0.3 is 0 Å². The lowest BCUT2D eigenvalue weighted by Gasteiger charge is -2.15. The van der Waals surface area contributed by atoms with Crippen molar-refractivity contribution in [2.24, 2.45) is 5.92 Å². The lowest BCUT2D eigenvalue weighted by molar-refractivity contribution is -0.127. The van der Waals surface area contributed by atoms with Crippen LogP contribution in [0.5, 0.6) is 10.9 Å². The van der Waals surface area contributed by atoms with Crippen LogP contribution in [0.4, 0.5) is 5.13 Å². The summed E-state index contributed by atoms with van der Waals surface area (Å²) >= 11 is 7.20. The zero-order valence-corrected chi connectivity index (χ0v) is 20.4. The average molecular weight is 503 g/mol. The maximum absolute atomic E-state index is 13.2. The number of anilines is 1. The average Bonchev–Trinajstić information content (AvgIpc) is 3.47. The number of likely N-dealkylation sites (tertiary alicyclic amines) is 1. The van der Waals surface area contributed by atoms with Crippen LogP contribution in [0.15, 0.2) is 24.5 Å². The number of pyridine rings is 2. The number of methoxy groups -OCH3 is 1. The molecule has 178 valence electrons. The summed E-state index contributed by atoms with van der Waals surface area (Å²) in [6.07, 6.45) is 3.92. The fourth-order valence-corrected chi connectivity index (χ4v) is 4.55. The first kappa shape index (κ1) is 23.8. The van der Waals surface area contributed by atoms with Crippen molar-refractivity contribution in [3.05, 3.63) is 40.9 Å². The second kappa shape index (κ2) is 10.3. The molecule has 12 heteroatoms. The number of rotatable bonds is 7. The quantitative estimate of drug-likeness (QED) is 0.488. The lowest BCUT2D eigenvalue weighted by atomic mass is 9.99. The van der Waals surface area contributed by atoms with Gasteiger partial charge in [-0.05, 0) is 42.4 Å². The molecular weight excluding hydrogens is 480 g/mol. The van der Waals surface area contributed by atoms with Crippen molar-refractivity contribution in [2.45, 2.75) is 20.3 Å². The zero-order chi connectivity index (χ0) is 24.2. The minimum absolute atomic E-state index is 0.0686. The summed E-state index contributed by atoms with van der Waals surface area (Å²) in [7, 11) is 1.52. The number of aromatic nitrogens is 4. The van der Waals surface area contributed by atoms with Crippen LogP contribution in [0.1, 0.15) is 29.4 Å². The smallest absolute Gasteiger partial charge is 0.295 e. The van der Waals surface area contributed by atoms with Gasteiger partial charge in [0.25, 0.3) is 11.1 Å². The van der Waals surface area contributed by atoms with E-state index in [0.29, 0.717) is 46.1 Å². The van der Waals surface area contributed by atoms with Crippen molar-refractivity contribution < 1.29 is 19.1 Å². The molecule has 34 heavy (non-hydrogen) atoms. The van der Waals surface area contributed by atoms with Crippen LogP contribution in [-0.4, -0.2) is 63.7 Å². The Morgan fingerprint density at radius 2 is 2.15 bits per heavy atom. The van der Waals surface area contributed by atoms with Gasteiger partial charge in [-0.25, -0.2) is 4.98 Å². The highest BCUT2D eigenvalue weighted by Crippen LogP contribution is 2.36. The minimum atomic E-state index is -0.427. The van der Waals surface area contributed by atoms with Crippen LogP contribution >= 0.6 is 22.9 Å². The Balaban J connectivity index is 1.48. The SMILES string of the molecule is COc1c(C)ncc(C(=O)Nc2nnc(OC[C@@H]3CCN(C(C)=O)C3)s2)c1-c1ccnc(Cl)c1. The molecule has 1 N–H and O–H groups in total. The number of halogens is 1. The summed E-state index contributed by atoms with van der Waals surface area (Å²) in [5, 5.41) is 11.7. The summed E-state index contributed by atoms with van der Waals surface area (Å²) in [5.74, 6) is 0.349. The monoisotopic (exact) mass is 502 g/mol. The van der Waals surface area contributed by atoms with Gasteiger partial charge in [0.1, 0.15) is 10.9 Å². The highest BCUT2D eigenvalue weighted by Gasteiger charge is 2.25. The van der Waals surface area contributed by atoms with Gasteiger partial charge < -0.3 is 14.4 Å². The van der Waals surface area contributed by atoms with E-state index in [4.69, 9.17) is 21.1 Å². The Bertz CT molecular complexity index is 1220. The third-order valence-electron chi connectivity index (χ3n) is 5.48. The molecule has 0 radical (unpaired) electrons. The third kappa shape index (κ3) is 5.26. The number of amides is 2. The molecule has 1 aliphatic heterocycles. The topological polar surface area (TPSA) is 119 Å². The van der Waals surface area contributed by atoms with Crippen molar-refractivity contribution in [1.29, 1.82) is 0 Å². The highest BCUT2D eigenvalue weighted by atomic mass is 35.5. The maximum atomic E-state index is 13.2. The molecule has 0 unspecified atom stereocenters. The number of nitrogens with zero attached hydrogens (tertiary/aromatic N) is 5. The third-order valence-corrected chi connectivity index (χ3v) is 6.43. The van der Waals surface area contributed by atoms with Gasteiger partial charge in [-0.15, -0.1) is 5.10 Å². The standard InChI is InChI=1S/C22H23ClN6O4S/c1-12-19(32-3)18(15-4-6-24-17(23)8-15)16(9-25-12)20(31)26-21-27-28-22(34-21)33-11-14-5-7-29(10-14)13(2)30/h4,6,8-9,14H,5,7,10-11H2,1-3H3,(H,26,27,31)/t14-/m1/s1. The number of aryl methyl sites for hydroxylation is 1. The summed E-state index contributed by atoms with van der Waals surface area (Å²) in [6.45, 7) is 5.19. The van der Waals surface area contributed by atoms with Crippen LogP contribution in [0.2, 0.25) is 5.15 Å². The van der Waals surface area contributed by atoms with E-state index < -0.39 is 5.91 Å². The fraction of sp³-hybridized carbons (Fsp3) is 0.364. The molecule has 0 saturated carbocycles. The molecule has 1 aliphatic rings. The van der Waals surface area contributed by atoms with Crippen molar-refractivity contribution in [3.63, 3.8) is 0 Å². The van der Waals surface area contributed by atoms with E-state index in [2.05, 4.69) is 25.5 Å². The van der Waals surface area contributed by atoms with Crippen molar-refractivity contribution in [3.8, 4) is 22.1 Å². The Morgan fingerprint density at radius 1 is 1.32 bits per heavy atom. The Kier molecular flexibility index (Phi) is 7.23. The molecule has 0 aromatic carbocycles. The van der Waals surface area contributed by atoms with E-state index in [1.807, 2.05) is 0 Å². The van der Waals surface area contributed by atoms with E-state index in [1.54, 1.807) is 37.1 Å². The Labute approximate surface area is 205 Å². The van der Waals surface area contributed by atoms with Gasteiger partial charge in [0.05, 0.1) is 25.0 Å². The molecule has 0 bridgehead atoms. The number of hydrogen-bond donors (Lipinski definition) is 1. The van der Waals surface area contributed by atoms with Gasteiger partial charge in [0, 0.05) is 43.9 Å². The first-order valence-electron chi connectivity index (χ1n) is 10.5.